The number of carbonyl (C=O) groups is 1. The third kappa shape index (κ3) is 5.24. The minimum absolute atomic E-state index is 0.00802. The van der Waals surface area contributed by atoms with Crippen LogP contribution < -0.4 is 5.32 Å². The molecule has 1 N–H and O–H groups in total. The van der Waals surface area contributed by atoms with E-state index in [1.807, 2.05) is 72.8 Å². The molecule has 3 heteroatoms. The van der Waals surface area contributed by atoms with E-state index in [1.165, 1.54) is 5.56 Å². The van der Waals surface area contributed by atoms with E-state index in [9.17, 15) is 4.79 Å². The van der Waals surface area contributed by atoms with Gasteiger partial charge in [-0.05, 0) is 47.7 Å². The van der Waals surface area contributed by atoms with Crippen LogP contribution in [0.15, 0.2) is 89.8 Å². The Labute approximate surface area is 166 Å². The van der Waals surface area contributed by atoms with Gasteiger partial charge in [0.1, 0.15) is 5.25 Å². The fraction of sp³-hybridized carbons (Fsp3) is 0.208. The molecule has 0 unspecified atom stereocenters. The van der Waals surface area contributed by atoms with E-state index in [0.717, 1.165) is 22.6 Å². The normalized spacial score (nSPS) is 13.0. The van der Waals surface area contributed by atoms with E-state index in [0.29, 0.717) is 5.92 Å². The van der Waals surface area contributed by atoms with Gasteiger partial charge in [0.15, 0.2) is 0 Å². The zero-order valence-electron chi connectivity index (χ0n) is 15.8. The number of anilines is 1. The molecule has 3 rings (SSSR count). The standard InChI is InChI=1S/C24H25NOS/c1-3-18(2)19-14-16-21(17-15-19)25-24(26)23(20-10-6-4-7-11-20)27-22-12-8-5-9-13-22/h4-18,23H,3H2,1-2H3,(H,25,26)/t18-,23-/m1/s1. The zero-order chi connectivity index (χ0) is 19.1. The smallest absolute Gasteiger partial charge is 0.242 e. The summed E-state index contributed by atoms with van der Waals surface area (Å²) in [5, 5.41) is 2.78. The summed E-state index contributed by atoms with van der Waals surface area (Å²) in [5.41, 5.74) is 3.13. The summed E-state index contributed by atoms with van der Waals surface area (Å²) in [6.45, 7) is 4.40. The Morgan fingerprint density at radius 3 is 2.04 bits per heavy atom. The van der Waals surface area contributed by atoms with Crippen molar-refractivity contribution >= 4 is 23.4 Å². The van der Waals surface area contributed by atoms with Crippen LogP contribution >= 0.6 is 11.8 Å². The number of hydrogen-bond donors (Lipinski definition) is 1. The topological polar surface area (TPSA) is 29.1 Å². The van der Waals surface area contributed by atoms with Crippen LogP contribution in [0.1, 0.15) is 42.6 Å². The number of hydrogen-bond acceptors (Lipinski definition) is 2. The third-order valence-corrected chi connectivity index (χ3v) is 5.96. The highest BCUT2D eigenvalue weighted by molar-refractivity contribution is 8.00. The Hall–Kier alpha value is -2.52. The molecule has 2 nitrogen and oxygen atoms in total. The maximum absolute atomic E-state index is 13.1. The molecule has 0 heterocycles. The van der Waals surface area contributed by atoms with Crippen LogP contribution in [0.2, 0.25) is 0 Å². The monoisotopic (exact) mass is 375 g/mol. The molecule has 0 saturated heterocycles. The quantitative estimate of drug-likeness (QED) is 0.467. The first-order valence-corrected chi connectivity index (χ1v) is 10.2. The largest absolute Gasteiger partial charge is 0.325 e. The summed E-state index contributed by atoms with van der Waals surface area (Å²) in [4.78, 5) is 14.1. The van der Waals surface area contributed by atoms with Crippen LogP contribution in [0.5, 0.6) is 0 Å². The van der Waals surface area contributed by atoms with Crippen LogP contribution in [0.3, 0.4) is 0 Å². The second kappa shape index (κ2) is 9.43. The van der Waals surface area contributed by atoms with Crippen molar-refractivity contribution in [3.63, 3.8) is 0 Å². The summed E-state index contributed by atoms with van der Waals surface area (Å²) in [7, 11) is 0. The van der Waals surface area contributed by atoms with Gasteiger partial charge in [-0.25, -0.2) is 0 Å². The number of rotatable bonds is 7. The molecule has 1 amide bonds. The number of nitrogens with one attached hydrogen (secondary N) is 1. The summed E-state index contributed by atoms with van der Waals surface area (Å²) in [6.07, 6.45) is 1.11. The van der Waals surface area contributed by atoms with Crippen molar-refractivity contribution in [1.29, 1.82) is 0 Å². The van der Waals surface area contributed by atoms with Crippen molar-refractivity contribution < 1.29 is 4.79 Å². The SMILES string of the molecule is CC[C@@H](C)c1ccc(NC(=O)[C@H](Sc2ccccc2)c2ccccc2)cc1. The van der Waals surface area contributed by atoms with E-state index in [-0.39, 0.29) is 11.2 Å². The average Bonchev–Trinajstić information content (AvgIpc) is 2.73. The van der Waals surface area contributed by atoms with Gasteiger partial charge in [-0.3, -0.25) is 4.79 Å². The van der Waals surface area contributed by atoms with Crippen LogP contribution in [-0.2, 0) is 4.79 Å². The second-order valence-electron chi connectivity index (χ2n) is 6.64. The van der Waals surface area contributed by atoms with Crippen molar-refractivity contribution in [3.8, 4) is 0 Å². The highest BCUT2D eigenvalue weighted by Crippen LogP contribution is 2.36. The number of amides is 1. The zero-order valence-corrected chi connectivity index (χ0v) is 16.6. The highest BCUT2D eigenvalue weighted by Gasteiger charge is 2.22. The predicted octanol–water partition coefficient (Wildman–Crippen LogP) is 6.67. The predicted molar refractivity (Wildman–Crippen MR) is 115 cm³/mol. The molecular formula is C24H25NOS. The van der Waals surface area contributed by atoms with Crippen LogP contribution in [-0.4, -0.2) is 5.91 Å². The van der Waals surface area contributed by atoms with Gasteiger partial charge in [0, 0.05) is 10.6 Å². The van der Waals surface area contributed by atoms with E-state index in [4.69, 9.17) is 0 Å². The van der Waals surface area contributed by atoms with Gasteiger partial charge in [-0.15, -0.1) is 11.8 Å². The van der Waals surface area contributed by atoms with Gasteiger partial charge in [0.2, 0.25) is 5.91 Å². The Morgan fingerprint density at radius 2 is 1.44 bits per heavy atom. The first-order valence-electron chi connectivity index (χ1n) is 9.35. The van der Waals surface area contributed by atoms with Gasteiger partial charge in [-0.1, -0.05) is 74.5 Å². The first-order chi connectivity index (χ1) is 13.2. The van der Waals surface area contributed by atoms with Gasteiger partial charge in [-0.2, -0.15) is 0 Å². The maximum Gasteiger partial charge on any atom is 0.242 e. The summed E-state index contributed by atoms with van der Waals surface area (Å²) in [5.74, 6) is 0.520. The lowest BCUT2D eigenvalue weighted by atomic mass is 9.98. The van der Waals surface area contributed by atoms with Gasteiger partial charge < -0.3 is 5.32 Å². The number of benzene rings is 3. The fourth-order valence-corrected chi connectivity index (χ4v) is 3.92. The molecule has 0 aromatic heterocycles. The summed E-state index contributed by atoms with van der Waals surface area (Å²) in [6, 6.07) is 28.2. The molecule has 3 aromatic carbocycles. The van der Waals surface area contributed by atoms with Gasteiger partial charge >= 0.3 is 0 Å². The average molecular weight is 376 g/mol. The van der Waals surface area contributed by atoms with Crippen LogP contribution in [0, 0.1) is 0 Å². The molecule has 0 aliphatic rings. The molecule has 0 aliphatic heterocycles. The number of thioether (sulfide) groups is 1. The molecule has 3 aromatic rings. The van der Waals surface area contributed by atoms with Crippen molar-refractivity contribution in [2.45, 2.75) is 36.3 Å². The van der Waals surface area contributed by atoms with Gasteiger partial charge in [0.05, 0.1) is 0 Å². The lowest BCUT2D eigenvalue weighted by Crippen LogP contribution is -2.19. The van der Waals surface area contributed by atoms with Crippen molar-refractivity contribution in [2.75, 3.05) is 5.32 Å². The summed E-state index contributed by atoms with van der Waals surface area (Å²) < 4.78 is 0. The van der Waals surface area contributed by atoms with Crippen molar-refractivity contribution in [1.82, 2.24) is 0 Å². The fourth-order valence-electron chi connectivity index (χ4n) is 2.87. The number of carbonyl (C=O) groups excluding carboxylic acids is 1. The molecule has 138 valence electrons. The Balaban J connectivity index is 1.78. The molecule has 0 saturated carbocycles. The highest BCUT2D eigenvalue weighted by atomic mass is 32.2. The molecular weight excluding hydrogens is 350 g/mol. The lowest BCUT2D eigenvalue weighted by molar-refractivity contribution is -0.115. The first kappa shape index (κ1) is 19.2. The maximum atomic E-state index is 13.1. The van der Waals surface area contributed by atoms with Gasteiger partial charge in [0.25, 0.3) is 0 Å². The molecule has 0 fully saturated rings. The molecule has 0 spiro atoms. The van der Waals surface area contributed by atoms with E-state index >= 15 is 0 Å². The van der Waals surface area contributed by atoms with Crippen molar-refractivity contribution in [3.05, 3.63) is 96.1 Å². The Kier molecular flexibility index (Phi) is 6.72. The lowest BCUT2D eigenvalue weighted by Gasteiger charge is -2.17. The molecule has 2 atom stereocenters. The Morgan fingerprint density at radius 1 is 0.852 bits per heavy atom. The second-order valence-corrected chi connectivity index (χ2v) is 7.82. The minimum Gasteiger partial charge on any atom is -0.325 e. The van der Waals surface area contributed by atoms with E-state index < -0.39 is 0 Å². The van der Waals surface area contributed by atoms with E-state index in [2.05, 4.69) is 31.3 Å². The summed E-state index contributed by atoms with van der Waals surface area (Å²) >= 11 is 1.57. The van der Waals surface area contributed by atoms with E-state index in [1.54, 1.807) is 11.8 Å². The van der Waals surface area contributed by atoms with Crippen LogP contribution in [0.4, 0.5) is 5.69 Å². The van der Waals surface area contributed by atoms with Crippen LogP contribution in [0.25, 0.3) is 0 Å². The minimum atomic E-state index is -0.303. The molecule has 27 heavy (non-hydrogen) atoms. The third-order valence-electron chi connectivity index (χ3n) is 4.70. The molecule has 0 radical (unpaired) electrons. The van der Waals surface area contributed by atoms with Crippen molar-refractivity contribution in [2.24, 2.45) is 0 Å². The molecule has 0 aliphatic carbocycles. The molecule has 0 bridgehead atoms. The Bertz CT molecular complexity index is 847.